The lowest BCUT2D eigenvalue weighted by atomic mass is 10.1. The molecular formula is C16H16ClN3O2. The second-order valence-corrected chi connectivity index (χ2v) is 5.98. The molecule has 114 valence electrons. The van der Waals surface area contributed by atoms with E-state index in [2.05, 4.69) is 14.9 Å². The Morgan fingerprint density at radius 1 is 1.32 bits per heavy atom. The smallest absolute Gasteiger partial charge is 0.161 e. The molecule has 0 bridgehead atoms. The van der Waals surface area contributed by atoms with Gasteiger partial charge in [0.1, 0.15) is 5.82 Å². The van der Waals surface area contributed by atoms with Gasteiger partial charge in [-0.05, 0) is 18.9 Å². The highest BCUT2D eigenvalue weighted by Gasteiger charge is 2.21. The van der Waals surface area contributed by atoms with Gasteiger partial charge in [-0.15, -0.1) is 0 Å². The summed E-state index contributed by atoms with van der Waals surface area (Å²) in [7, 11) is 1.54. The number of rotatable bonds is 2. The Kier molecular flexibility index (Phi) is 3.04. The monoisotopic (exact) mass is 317 g/mol. The van der Waals surface area contributed by atoms with Gasteiger partial charge in [-0.25, -0.2) is 4.98 Å². The molecular weight excluding hydrogens is 302 g/mol. The summed E-state index contributed by atoms with van der Waals surface area (Å²) < 4.78 is 5.24. The SMILES string of the molecule is COc1cc2c(cc1O)[nH]c1c(Cl)cnc(N3CCCC3)c12. The van der Waals surface area contributed by atoms with E-state index in [1.54, 1.807) is 19.4 Å². The summed E-state index contributed by atoms with van der Waals surface area (Å²) in [5.41, 5.74) is 1.67. The molecule has 0 spiro atoms. The van der Waals surface area contributed by atoms with Crippen LogP contribution in [0.25, 0.3) is 21.8 Å². The van der Waals surface area contributed by atoms with Crippen molar-refractivity contribution in [1.82, 2.24) is 9.97 Å². The molecule has 1 aromatic carbocycles. The number of fused-ring (bicyclic) bond motifs is 3. The fourth-order valence-corrected chi connectivity index (χ4v) is 3.39. The summed E-state index contributed by atoms with van der Waals surface area (Å²) in [4.78, 5) is 10.1. The summed E-state index contributed by atoms with van der Waals surface area (Å²) in [5, 5.41) is 12.5. The van der Waals surface area contributed by atoms with Gasteiger partial charge in [-0.2, -0.15) is 0 Å². The summed E-state index contributed by atoms with van der Waals surface area (Å²) >= 11 is 6.31. The van der Waals surface area contributed by atoms with E-state index in [4.69, 9.17) is 16.3 Å². The van der Waals surface area contributed by atoms with Crippen molar-refractivity contribution >= 4 is 39.2 Å². The van der Waals surface area contributed by atoms with Gasteiger partial charge >= 0.3 is 0 Å². The zero-order valence-electron chi connectivity index (χ0n) is 12.2. The Morgan fingerprint density at radius 2 is 2.09 bits per heavy atom. The molecule has 0 radical (unpaired) electrons. The number of aromatic amines is 1. The molecule has 5 nitrogen and oxygen atoms in total. The Bertz CT molecular complexity index is 869. The lowest BCUT2D eigenvalue weighted by molar-refractivity contribution is 0.374. The highest BCUT2D eigenvalue weighted by molar-refractivity contribution is 6.36. The van der Waals surface area contributed by atoms with Crippen LogP contribution in [0.5, 0.6) is 11.5 Å². The number of ether oxygens (including phenoxy) is 1. The van der Waals surface area contributed by atoms with Crippen LogP contribution in [-0.2, 0) is 0 Å². The molecule has 0 atom stereocenters. The third kappa shape index (κ3) is 1.89. The molecule has 1 saturated heterocycles. The third-order valence-electron chi connectivity index (χ3n) is 4.27. The number of aromatic hydroxyl groups is 1. The number of pyridine rings is 1. The lowest BCUT2D eigenvalue weighted by Gasteiger charge is -2.17. The molecule has 6 heteroatoms. The van der Waals surface area contributed by atoms with E-state index in [0.717, 1.165) is 40.7 Å². The number of H-pyrrole nitrogens is 1. The quantitative estimate of drug-likeness (QED) is 0.757. The van der Waals surface area contributed by atoms with E-state index in [9.17, 15) is 5.11 Å². The van der Waals surface area contributed by atoms with Crippen molar-refractivity contribution in [2.45, 2.75) is 12.8 Å². The van der Waals surface area contributed by atoms with Crippen LogP contribution in [0.2, 0.25) is 5.02 Å². The molecule has 1 fully saturated rings. The number of nitrogens with zero attached hydrogens (tertiary/aromatic N) is 2. The number of benzene rings is 1. The number of halogens is 1. The number of hydrogen-bond donors (Lipinski definition) is 2. The summed E-state index contributed by atoms with van der Waals surface area (Å²) in [6, 6.07) is 3.50. The maximum Gasteiger partial charge on any atom is 0.161 e. The Hall–Kier alpha value is -2.14. The van der Waals surface area contributed by atoms with E-state index in [1.165, 1.54) is 12.8 Å². The highest BCUT2D eigenvalue weighted by atomic mass is 35.5. The van der Waals surface area contributed by atoms with Gasteiger partial charge < -0.3 is 19.7 Å². The van der Waals surface area contributed by atoms with E-state index in [-0.39, 0.29) is 5.75 Å². The number of phenols is 1. The molecule has 1 aliphatic rings. The van der Waals surface area contributed by atoms with Gasteiger partial charge in [0.2, 0.25) is 0 Å². The summed E-state index contributed by atoms with van der Waals surface area (Å²) in [6.45, 7) is 2.01. The van der Waals surface area contributed by atoms with Crippen LogP contribution < -0.4 is 9.64 Å². The maximum atomic E-state index is 9.98. The van der Waals surface area contributed by atoms with Crippen LogP contribution in [0.3, 0.4) is 0 Å². The Morgan fingerprint density at radius 3 is 2.82 bits per heavy atom. The fraction of sp³-hybridized carbons (Fsp3) is 0.312. The minimum absolute atomic E-state index is 0.105. The molecule has 4 rings (SSSR count). The average molecular weight is 318 g/mol. The molecule has 22 heavy (non-hydrogen) atoms. The highest BCUT2D eigenvalue weighted by Crippen LogP contribution is 2.40. The minimum Gasteiger partial charge on any atom is -0.504 e. The summed E-state index contributed by atoms with van der Waals surface area (Å²) in [5.74, 6) is 1.49. The van der Waals surface area contributed by atoms with E-state index in [1.807, 2.05) is 6.07 Å². The van der Waals surface area contributed by atoms with Gasteiger partial charge in [0.15, 0.2) is 11.5 Å². The Balaban J connectivity index is 2.08. The molecule has 0 unspecified atom stereocenters. The van der Waals surface area contributed by atoms with E-state index in [0.29, 0.717) is 10.8 Å². The Labute approximate surface area is 132 Å². The summed E-state index contributed by atoms with van der Waals surface area (Å²) in [6.07, 6.45) is 4.04. The van der Waals surface area contributed by atoms with E-state index < -0.39 is 0 Å². The van der Waals surface area contributed by atoms with Crippen molar-refractivity contribution in [3.05, 3.63) is 23.4 Å². The van der Waals surface area contributed by atoms with Crippen LogP contribution in [0.1, 0.15) is 12.8 Å². The second-order valence-electron chi connectivity index (χ2n) is 5.57. The molecule has 2 N–H and O–H groups in total. The molecule has 0 saturated carbocycles. The number of hydrogen-bond acceptors (Lipinski definition) is 4. The molecule has 0 amide bonds. The maximum absolute atomic E-state index is 9.98. The predicted octanol–water partition coefficient (Wildman–Crippen LogP) is 3.68. The van der Waals surface area contributed by atoms with Gasteiger partial charge in [-0.3, -0.25) is 0 Å². The zero-order valence-corrected chi connectivity index (χ0v) is 12.9. The first kappa shape index (κ1) is 13.5. The van der Waals surface area contributed by atoms with Crippen molar-refractivity contribution in [1.29, 1.82) is 0 Å². The van der Waals surface area contributed by atoms with Gasteiger partial charge in [0.05, 0.1) is 34.7 Å². The zero-order chi connectivity index (χ0) is 15.3. The average Bonchev–Trinajstić information content (AvgIpc) is 3.15. The molecule has 0 aliphatic carbocycles. The number of anilines is 1. The first-order chi connectivity index (χ1) is 10.7. The van der Waals surface area contributed by atoms with Crippen LogP contribution in [0, 0.1) is 0 Å². The largest absolute Gasteiger partial charge is 0.504 e. The van der Waals surface area contributed by atoms with Gasteiger partial charge in [-0.1, -0.05) is 11.6 Å². The van der Waals surface area contributed by atoms with Crippen molar-refractivity contribution in [2.24, 2.45) is 0 Å². The van der Waals surface area contributed by atoms with Crippen molar-refractivity contribution in [3.8, 4) is 11.5 Å². The first-order valence-electron chi connectivity index (χ1n) is 7.31. The van der Waals surface area contributed by atoms with Crippen molar-refractivity contribution in [2.75, 3.05) is 25.1 Å². The first-order valence-corrected chi connectivity index (χ1v) is 7.68. The minimum atomic E-state index is 0.105. The number of nitrogens with one attached hydrogen (secondary N) is 1. The van der Waals surface area contributed by atoms with Gasteiger partial charge in [0.25, 0.3) is 0 Å². The van der Waals surface area contributed by atoms with Crippen molar-refractivity contribution in [3.63, 3.8) is 0 Å². The van der Waals surface area contributed by atoms with Crippen LogP contribution in [-0.4, -0.2) is 35.3 Å². The number of methoxy groups -OCH3 is 1. The predicted molar refractivity (Wildman–Crippen MR) is 88.3 cm³/mol. The molecule has 1 aliphatic heterocycles. The standard InChI is InChI=1S/C16H16ClN3O2/c1-22-13-6-9-11(7-12(13)21)19-15-10(17)8-18-16(14(9)15)20-4-2-3-5-20/h6-8,19,21H,2-5H2,1H3. The lowest BCUT2D eigenvalue weighted by Crippen LogP contribution is -2.19. The molecule has 3 heterocycles. The van der Waals surface area contributed by atoms with Crippen LogP contribution in [0.4, 0.5) is 5.82 Å². The number of aromatic nitrogens is 2. The molecule has 3 aromatic rings. The second kappa shape index (κ2) is 4.95. The number of phenolic OH excluding ortho intramolecular Hbond substituents is 1. The fourth-order valence-electron chi connectivity index (χ4n) is 3.20. The topological polar surface area (TPSA) is 61.4 Å². The third-order valence-corrected chi connectivity index (χ3v) is 4.55. The van der Waals surface area contributed by atoms with Crippen LogP contribution in [0.15, 0.2) is 18.3 Å². The van der Waals surface area contributed by atoms with E-state index >= 15 is 0 Å². The van der Waals surface area contributed by atoms with Gasteiger partial charge in [0, 0.05) is 24.5 Å². The van der Waals surface area contributed by atoms with Crippen molar-refractivity contribution < 1.29 is 9.84 Å². The van der Waals surface area contributed by atoms with Crippen LogP contribution >= 0.6 is 11.6 Å². The molecule has 2 aromatic heterocycles. The normalized spacial score (nSPS) is 15.1.